The van der Waals surface area contributed by atoms with Gasteiger partial charge in [-0.2, -0.15) is 13.2 Å². The van der Waals surface area contributed by atoms with E-state index in [1.807, 2.05) is 13.0 Å². The first-order chi connectivity index (χ1) is 12.2. The maximum Gasteiger partial charge on any atom is 0.416 e. The third-order valence-electron chi connectivity index (χ3n) is 4.50. The third kappa shape index (κ3) is 2.32. The second kappa shape index (κ2) is 5.51. The minimum absolute atomic E-state index is 0.0110. The average Bonchev–Trinajstić information content (AvgIpc) is 3.06. The first-order valence-corrected chi connectivity index (χ1v) is 8.79. The number of halogens is 3. The minimum Gasteiger partial charge on any atom is -0.323 e. The van der Waals surface area contributed by atoms with Gasteiger partial charge in [-0.3, -0.25) is 14.5 Å². The van der Waals surface area contributed by atoms with Gasteiger partial charge in [0.2, 0.25) is 10.8 Å². The Hall–Kier alpha value is -2.48. The van der Waals surface area contributed by atoms with E-state index in [1.54, 1.807) is 12.1 Å². The van der Waals surface area contributed by atoms with Crippen LogP contribution < -0.4 is 10.2 Å². The van der Waals surface area contributed by atoms with E-state index >= 15 is 0 Å². The van der Waals surface area contributed by atoms with Gasteiger partial charge >= 0.3 is 6.18 Å². The Labute approximate surface area is 151 Å². The summed E-state index contributed by atoms with van der Waals surface area (Å²) in [5.74, 6) is -0.818. The number of alkyl halides is 3. The molecule has 0 unspecified atom stereocenters. The molecule has 4 nitrogen and oxygen atoms in total. The van der Waals surface area contributed by atoms with Crippen LogP contribution in [-0.4, -0.2) is 17.6 Å². The fourth-order valence-corrected chi connectivity index (χ4v) is 4.66. The highest BCUT2D eigenvalue weighted by atomic mass is 32.2. The zero-order valence-corrected chi connectivity index (χ0v) is 14.4. The summed E-state index contributed by atoms with van der Waals surface area (Å²) in [6, 6.07) is 9.87. The summed E-state index contributed by atoms with van der Waals surface area (Å²) in [6.07, 6.45) is -4.54. The molecule has 0 radical (unpaired) electrons. The van der Waals surface area contributed by atoms with E-state index < -0.39 is 28.4 Å². The number of fused-ring (bicyclic) bond motifs is 2. The first kappa shape index (κ1) is 17.0. The highest BCUT2D eigenvalue weighted by molar-refractivity contribution is 8.02. The van der Waals surface area contributed by atoms with Gasteiger partial charge in [0, 0.05) is 16.9 Å². The van der Waals surface area contributed by atoms with Crippen LogP contribution in [0, 0.1) is 6.92 Å². The molecule has 2 amide bonds. The number of aryl methyl sites for hydroxylation is 1. The standard InChI is InChI=1S/C18H13F3N2O2S/c1-10-5-6-14-13(7-10)17(16(25)22-14)23(15(24)9-26-17)12-4-2-3-11(8-12)18(19,20)21/h2-8H,9H2,1H3,(H,22,25)/t17-/m1/s1. The molecule has 1 fully saturated rings. The Morgan fingerprint density at radius 1 is 1.15 bits per heavy atom. The summed E-state index contributed by atoms with van der Waals surface area (Å²) in [5.41, 5.74) is 1.25. The van der Waals surface area contributed by atoms with Gasteiger partial charge in [-0.25, -0.2) is 0 Å². The number of anilines is 2. The topological polar surface area (TPSA) is 49.4 Å². The second-order valence-corrected chi connectivity index (χ2v) is 7.38. The van der Waals surface area contributed by atoms with Gasteiger partial charge in [-0.05, 0) is 31.2 Å². The quantitative estimate of drug-likeness (QED) is 0.819. The molecule has 1 atom stereocenters. The molecule has 26 heavy (non-hydrogen) atoms. The van der Waals surface area contributed by atoms with E-state index in [9.17, 15) is 22.8 Å². The molecule has 0 aromatic heterocycles. The predicted octanol–water partition coefficient (Wildman–Crippen LogP) is 3.90. The van der Waals surface area contributed by atoms with E-state index in [-0.39, 0.29) is 11.4 Å². The van der Waals surface area contributed by atoms with Crippen LogP contribution in [0.5, 0.6) is 0 Å². The number of benzene rings is 2. The molecule has 8 heteroatoms. The van der Waals surface area contributed by atoms with Crippen LogP contribution in [0.15, 0.2) is 42.5 Å². The lowest BCUT2D eigenvalue weighted by atomic mass is 10.0. The predicted molar refractivity (Wildman–Crippen MR) is 92.9 cm³/mol. The Kier molecular flexibility index (Phi) is 3.59. The van der Waals surface area contributed by atoms with Gasteiger partial charge in [-0.1, -0.05) is 23.8 Å². The molecule has 4 rings (SSSR count). The Balaban J connectivity index is 1.91. The van der Waals surface area contributed by atoms with E-state index in [0.29, 0.717) is 11.3 Å². The first-order valence-electron chi connectivity index (χ1n) is 7.80. The van der Waals surface area contributed by atoms with Crippen molar-refractivity contribution >= 4 is 35.0 Å². The van der Waals surface area contributed by atoms with Crippen LogP contribution in [0.25, 0.3) is 0 Å². The molecule has 2 aliphatic rings. The molecule has 134 valence electrons. The normalized spacial score (nSPS) is 22.1. The van der Waals surface area contributed by atoms with Crippen LogP contribution in [0.3, 0.4) is 0 Å². The van der Waals surface area contributed by atoms with Crippen molar-refractivity contribution in [3.05, 3.63) is 59.2 Å². The number of hydrogen-bond acceptors (Lipinski definition) is 3. The van der Waals surface area contributed by atoms with Crippen molar-refractivity contribution in [1.82, 2.24) is 0 Å². The van der Waals surface area contributed by atoms with Crippen molar-refractivity contribution in [2.24, 2.45) is 0 Å². The highest BCUT2D eigenvalue weighted by Crippen LogP contribution is 2.54. The molecule has 2 aromatic rings. The molecule has 1 spiro atoms. The lowest BCUT2D eigenvalue weighted by Gasteiger charge is -2.32. The molecule has 2 aromatic carbocycles. The van der Waals surface area contributed by atoms with Crippen molar-refractivity contribution in [2.45, 2.75) is 18.0 Å². The van der Waals surface area contributed by atoms with Crippen molar-refractivity contribution in [3.63, 3.8) is 0 Å². The molecule has 0 bridgehead atoms. The summed E-state index contributed by atoms with van der Waals surface area (Å²) in [5, 5.41) is 2.75. The average molecular weight is 378 g/mol. The molecular weight excluding hydrogens is 365 g/mol. The fourth-order valence-electron chi connectivity index (χ4n) is 3.36. The summed E-state index contributed by atoms with van der Waals surface area (Å²) >= 11 is 1.12. The van der Waals surface area contributed by atoms with E-state index in [4.69, 9.17) is 0 Å². The number of amides is 2. The van der Waals surface area contributed by atoms with Gasteiger partial charge in [-0.15, -0.1) is 11.8 Å². The number of nitrogens with zero attached hydrogens (tertiary/aromatic N) is 1. The van der Waals surface area contributed by atoms with Crippen LogP contribution in [0.4, 0.5) is 24.5 Å². The number of carbonyl (C=O) groups excluding carboxylic acids is 2. The maximum absolute atomic E-state index is 13.1. The van der Waals surface area contributed by atoms with E-state index in [0.717, 1.165) is 29.5 Å². The summed E-state index contributed by atoms with van der Waals surface area (Å²) in [7, 11) is 0. The molecule has 2 aliphatic heterocycles. The van der Waals surface area contributed by atoms with Crippen LogP contribution in [0.2, 0.25) is 0 Å². The third-order valence-corrected chi connectivity index (χ3v) is 5.89. The van der Waals surface area contributed by atoms with E-state index in [2.05, 4.69) is 5.32 Å². The Morgan fingerprint density at radius 3 is 2.65 bits per heavy atom. The number of nitrogens with one attached hydrogen (secondary N) is 1. The molecule has 0 aliphatic carbocycles. The zero-order valence-electron chi connectivity index (χ0n) is 13.6. The van der Waals surface area contributed by atoms with Gasteiger partial charge < -0.3 is 5.32 Å². The zero-order chi connectivity index (χ0) is 18.7. The molecule has 1 saturated heterocycles. The molecule has 2 heterocycles. The highest BCUT2D eigenvalue weighted by Gasteiger charge is 2.58. The van der Waals surface area contributed by atoms with Gasteiger partial charge in [0.15, 0.2) is 0 Å². The number of carbonyl (C=O) groups is 2. The van der Waals surface area contributed by atoms with Gasteiger partial charge in [0.25, 0.3) is 5.91 Å². The van der Waals surface area contributed by atoms with Crippen LogP contribution in [0.1, 0.15) is 16.7 Å². The van der Waals surface area contributed by atoms with Crippen molar-refractivity contribution in [3.8, 4) is 0 Å². The number of rotatable bonds is 1. The summed E-state index contributed by atoms with van der Waals surface area (Å²) in [6.45, 7) is 1.85. The molecule has 0 saturated carbocycles. The minimum atomic E-state index is -4.54. The van der Waals surface area contributed by atoms with E-state index in [1.165, 1.54) is 17.0 Å². The Bertz CT molecular complexity index is 944. The van der Waals surface area contributed by atoms with Crippen LogP contribution in [-0.2, 0) is 20.6 Å². The molecule has 1 N–H and O–H groups in total. The monoisotopic (exact) mass is 378 g/mol. The van der Waals surface area contributed by atoms with Crippen LogP contribution >= 0.6 is 11.8 Å². The molecular formula is C18H13F3N2O2S. The second-order valence-electron chi connectivity index (χ2n) is 6.21. The van der Waals surface area contributed by atoms with Gasteiger partial charge in [0.05, 0.1) is 11.3 Å². The fraction of sp³-hybridized carbons (Fsp3) is 0.222. The smallest absolute Gasteiger partial charge is 0.323 e. The number of thioether (sulfide) groups is 1. The van der Waals surface area contributed by atoms with Crippen molar-refractivity contribution in [1.29, 1.82) is 0 Å². The lowest BCUT2D eigenvalue weighted by Crippen LogP contribution is -2.47. The maximum atomic E-state index is 13.1. The largest absolute Gasteiger partial charge is 0.416 e. The van der Waals surface area contributed by atoms with Gasteiger partial charge in [0.1, 0.15) is 0 Å². The van der Waals surface area contributed by atoms with Crippen molar-refractivity contribution < 1.29 is 22.8 Å². The summed E-state index contributed by atoms with van der Waals surface area (Å²) < 4.78 is 39.3. The Morgan fingerprint density at radius 2 is 1.92 bits per heavy atom. The SMILES string of the molecule is Cc1ccc2c(c1)[C@@]1(SCC(=O)N1c1cccc(C(F)(F)F)c1)C(=O)N2. The lowest BCUT2D eigenvalue weighted by molar-refractivity contribution is -0.137. The van der Waals surface area contributed by atoms with Crippen molar-refractivity contribution in [2.75, 3.05) is 16.0 Å². The number of hydrogen-bond donors (Lipinski definition) is 1. The summed E-state index contributed by atoms with van der Waals surface area (Å²) in [4.78, 5) is 25.2.